The van der Waals surface area contributed by atoms with E-state index in [4.69, 9.17) is 0 Å². The molecule has 0 radical (unpaired) electrons. The number of carbonyl (C=O) groups excluding carboxylic acids is 1. The van der Waals surface area contributed by atoms with Crippen molar-refractivity contribution in [3.05, 3.63) is 65.7 Å². The van der Waals surface area contributed by atoms with Crippen LogP contribution in [0.2, 0.25) is 0 Å². The molecule has 1 aromatic heterocycles. The molecule has 1 amide bonds. The zero-order chi connectivity index (χ0) is 23.6. The topological polar surface area (TPSA) is 98.1 Å². The van der Waals surface area contributed by atoms with E-state index in [0.29, 0.717) is 6.42 Å². The Labute approximate surface area is 187 Å². The van der Waals surface area contributed by atoms with Crippen molar-refractivity contribution >= 4 is 15.7 Å². The Bertz CT molecular complexity index is 1250. The Morgan fingerprint density at radius 2 is 1.88 bits per heavy atom. The fourth-order valence-corrected chi connectivity index (χ4v) is 5.43. The van der Waals surface area contributed by atoms with Crippen molar-refractivity contribution in [3.8, 4) is 11.4 Å². The highest BCUT2D eigenvalue weighted by Gasteiger charge is 2.35. The first-order chi connectivity index (χ1) is 15.6. The maximum Gasteiger partial charge on any atom is 0.416 e. The Morgan fingerprint density at radius 3 is 2.55 bits per heavy atom. The van der Waals surface area contributed by atoms with Crippen LogP contribution >= 0.6 is 0 Å². The molecular formula is C21H20F3N5O3S. The van der Waals surface area contributed by atoms with Crippen LogP contribution in [0, 0.1) is 0 Å². The van der Waals surface area contributed by atoms with Crippen molar-refractivity contribution in [3.63, 3.8) is 0 Å². The summed E-state index contributed by atoms with van der Waals surface area (Å²) in [5.41, 5.74) is 0.113. The molecule has 33 heavy (non-hydrogen) atoms. The number of benzene rings is 2. The van der Waals surface area contributed by atoms with Crippen LogP contribution in [-0.2, 0) is 33.9 Å². The van der Waals surface area contributed by atoms with Crippen LogP contribution in [0.3, 0.4) is 0 Å². The van der Waals surface area contributed by atoms with Gasteiger partial charge in [-0.1, -0.05) is 42.5 Å². The van der Waals surface area contributed by atoms with Gasteiger partial charge in [-0.2, -0.15) is 18.0 Å². The minimum atomic E-state index is -4.51. The van der Waals surface area contributed by atoms with E-state index in [9.17, 15) is 26.4 Å². The summed E-state index contributed by atoms with van der Waals surface area (Å²) < 4.78 is 62.9. The standard InChI is InChI=1S/C21H20F3N5O3S/c22-21(23,24)17-8-4-7-16(11-17)20-25-27-29(26-20)13-19(30)28(12-15-5-2-1-3-6-15)18-9-10-33(31,32)14-18/h1-8,11,18H,9-10,12-14H2/t18-/m0/s1. The zero-order valence-electron chi connectivity index (χ0n) is 17.3. The summed E-state index contributed by atoms with van der Waals surface area (Å²) in [6.45, 7) is -0.107. The van der Waals surface area contributed by atoms with Gasteiger partial charge in [0.1, 0.15) is 6.54 Å². The van der Waals surface area contributed by atoms with E-state index < -0.39 is 33.5 Å². The van der Waals surface area contributed by atoms with Gasteiger partial charge in [0.05, 0.1) is 17.1 Å². The Kier molecular flexibility index (Phi) is 6.19. The molecule has 0 saturated carbocycles. The highest BCUT2D eigenvalue weighted by molar-refractivity contribution is 7.91. The number of hydrogen-bond acceptors (Lipinski definition) is 6. The summed E-state index contributed by atoms with van der Waals surface area (Å²) in [5, 5.41) is 11.6. The normalized spacial score (nSPS) is 17.7. The number of hydrogen-bond donors (Lipinski definition) is 0. The lowest BCUT2D eigenvalue weighted by molar-refractivity contribution is -0.137. The summed E-state index contributed by atoms with van der Waals surface area (Å²) >= 11 is 0. The van der Waals surface area contributed by atoms with Crippen LogP contribution in [0.4, 0.5) is 13.2 Å². The van der Waals surface area contributed by atoms with Gasteiger partial charge in [-0.15, -0.1) is 10.2 Å². The second-order valence-corrected chi connectivity index (χ2v) is 10.0. The molecule has 0 unspecified atom stereocenters. The maximum atomic E-state index is 13.1. The highest BCUT2D eigenvalue weighted by Crippen LogP contribution is 2.31. The third-order valence-electron chi connectivity index (χ3n) is 5.34. The molecule has 0 N–H and O–H groups in total. The van der Waals surface area contributed by atoms with Crippen molar-refractivity contribution in [1.29, 1.82) is 0 Å². The van der Waals surface area contributed by atoms with Gasteiger partial charge in [0, 0.05) is 18.2 Å². The molecule has 8 nitrogen and oxygen atoms in total. The molecule has 0 spiro atoms. The van der Waals surface area contributed by atoms with E-state index in [1.165, 1.54) is 17.0 Å². The Hall–Kier alpha value is -3.28. The lowest BCUT2D eigenvalue weighted by Gasteiger charge is -2.28. The predicted molar refractivity (Wildman–Crippen MR) is 112 cm³/mol. The van der Waals surface area contributed by atoms with Gasteiger partial charge in [0.25, 0.3) is 0 Å². The molecule has 1 aliphatic rings. The average Bonchev–Trinajstić information content (AvgIpc) is 3.38. The minimum Gasteiger partial charge on any atom is -0.333 e. The van der Waals surface area contributed by atoms with E-state index in [0.717, 1.165) is 22.5 Å². The van der Waals surface area contributed by atoms with Crippen LogP contribution in [0.25, 0.3) is 11.4 Å². The summed E-state index contributed by atoms with van der Waals surface area (Å²) in [5.74, 6) is -0.565. The second kappa shape index (κ2) is 8.93. The molecule has 1 atom stereocenters. The maximum absolute atomic E-state index is 13.1. The van der Waals surface area contributed by atoms with Crippen molar-refractivity contribution in [2.75, 3.05) is 11.5 Å². The van der Waals surface area contributed by atoms with Gasteiger partial charge in [0.15, 0.2) is 9.84 Å². The molecular weight excluding hydrogens is 459 g/mol. The molecule has 1 aliphatic heterocycles. The molecule has 1 fully saturated rings. The first-order valence-corrected chi connectivity index (χ1v) is 11.9. The van der Waals surface area contributed by atoms with Crippen LogP contribution < -0.4 is 0 Å². The van der Waals surface area contributed by atoms with E-state index in [2.05, 4.69) is 15.4 Å². The van der Waals surface area contributed by atoms with Crippen LogP contribution in [-0.4, -0.2) is 57.0 Å². The SMILES string of the molecule is O=C(Cn1nnc(-c2cccc(C(F)(F)F)c2)n1)N(Cc1ccccc1)[C@H]1CCS(=O)(=O)C1. The lowest BCUT2D eigenvalue weighted by atomic mass is 10.1. The number of alkyl halides is 3. The zero-order valence-corrected chi connectivity index (χ0v) is 18.1. The summed E-state index contributed by atoms with van der Waals surface area (Å²) in [4.78, 5) is 15.6. The molecule has 2 heterocycles. The van der Waals surface area contributed by atoms with Gasteiger partial charge in [-0.25, -0.2) is 8.42 Å². The van der Waals surface area contributed by atoms with Gasteiger partial charge < -0.3 is 4.90 Å². The quantitative estimate of drug-likeness (QED) is 0.539. The molecule has 0 aliphatic carbocycles. The predicted octanol–water partition coefficient (Wildman–Crippen LogP) is 2.57. The van der Waals surface area contributed by atoms with Crippen molar-refractivity contribution < 1.29 is 26.4 Å². The van der Waals surface area contributed by atoms with E-state index in [1.807, 2.05) is 30.3 Å². The summed E-state index contributed by atoms with van der Waals surface area (Å²) in [6.07, 6.45) is -4.18. The van der Waals surface area contributed by atoms with E-state index in [-0.39, 0.29) is 36.0 Å². The van der Waals surface area contributed by atoms with Crippen LogP contribution in [0.1, 0.15) is 17.5 Å². The minimum absolute atomic E-state index is 0.0114. The second-order valence-electron chi connectivity index (χ2n) is 7.79. The van der Waals surface area contributed by atoms with Gasteiger partial charge >= 0.3 is 6.18 Å². The van der Waals surface area contributed by atoms with E-state index in [1.54, 1.807) is 0 Å². The smallest absolute Gasteiger partial charge is 0.333 e. The largest absolute Gasteiger partial charge is 0.416 e. The number of tetrazole rings is 1. The van der Waals surface area contributed by atoms with Crippen molar-refractivity contribution in [1.82, 2.24) is 25.1 Å². The van der Waals surface area contributed by atoms with Crippen LogP contribution in [0.15, 0.2) is 54.6 Å². The molecule has 12 heteroatoms. The average molecular weight is 479 g/mol. The number of amides is 1. The summed E-state index contributed by atoms with van der Waals surface area (Å²) in [7, 11) is -3.22. The Balaban J connectivity index is 1.53. The fourth-order valence-electron chi connectivity index (χ4n) is 3.69. The fraction of sp³-hybridized carbons (Fsp3) is 0.333. The number of halogens is 3. The number of rotatable bonds is 6. The number of nitrogens with zero attached hydrogens (tertiary/aromatic N) is 5. The molecule has 4 rings (SSSR count). The van der Waals surface area contributed by atoms with Gasteiger partial charge in [-0.05, 0) is 29.3 Å². The molecule has 1 saturated heterocycles. The molecule has 3 aromatic rings. The van der Waals surface area contributed by atoms with E-state index >= 15 is 0 Å². The highest BCUT2D eigenvalue weighted by atomic mass is 32.2. The number of aromatic nitrogens is 4. The monoisotopic (exact) mass is 479 g/mol. The summed E-state index contributed by atoms with van der Waals surface area (Å²) in [6, 6.07) is 13.2. The molecule has 174 valence electrons. The molecule has 0 bridgehead atoms. The third kappa shape index (κ3) is 5.56. The van der Waals surface area contributed by atoms with Gasteiger partial charge in [-0.3, -0.25) is 4.79 Å². The van der Waals surface area contributed by atoms with Gasteiger partial charge in [0.2, 0.25) is 11.7 Å². The lowest BCUT2D eigenvalue weighted by Crippen LogP contribution is -2.42. The van der Waals surface area contributed by atoms with Crippen molar-refractivity contribution in [2.45, 2.75) is 31.7 Å². The first kappa shape index (κ1) is 22.9. The Morgan fingerprint density at radius 1 is 1.12 bits per heavy atom. The van der Waals surface area contributed by atoms with Crippen molar-refractivity contribution in [2.24, 2.45) is 0 Å². The van der Waals surface area contributed by atoms with Crippen LogP contribution in [0.5, 0.6) is 0 Å². The first-order valence-electron chi connectivity index (χ1n) is 10.1. The molecule has 2 aromatic carbocycles. The third-order valence-corrected chi connectivity index (χ3v) is 7.09. The number of carbonyl (C=O) groups is 1. The number of sulfone groups is 1.